The van der Waals surface area contributed by atoms with Crippen LogP contribution in [0.5, 0.6) is 5.75 Å². The summed E-state index contributed by atoms with van der Waals surface area (Å²) in [5.41, 5.74) is 6.46. The van der Waals surface area contributed by atoms with E-state index in [2.05, 4.69) is 9.80 Å². The molecule has 0 atom stereocenters. The predicted molar refractivity (Wildman–Crippen MR) is 70.7 cm³/mol. The molecule has 1 fully saturated rings. The minimum atomic E-state index is -0.306. The third kappa shape index (κ3) is 2.91. The maximum absolute atomic E-state index is 13.6. The molecule has 0 aromatic heterocycles. The number of hydrogen-bond acceptors (Lipinski definition) is 4. The van der Waals surface area contributed by atoms with E-state index in [1.54, 1.807) is 6.07 Å². The molecule has 1 aromatic rings. The minimum absolute atomic E-state index is 0.292. The second kappa shape index (κ2) is 6.02. The lowest BCUT2D eigenvalue weighted by atomic mass is 10.2. The Morgan fingerprint density at radius 3 is 2.56 bits per heavy atom. The third-order valence-electron chi connectivity index (χ3n) is 3.32. The molecule has 4 nitrogen and oxygen atoms in total. The van der Waals surface area contributed by atoms with Crippen molar-refractivity contribution in [2.75, 3.05) is 51.3 Å². The van der Waals surface area contributed by atoms with Crippen LogP contribution in [0, 0.1) is 5.82 Å². The van der Waals surface area contributed by atoms with Gasteiger partial charge < -0.3 is 15.4 Å². The second-order valence-corrected chi connectivity index (χ2v) is 4.44. The quantitative estimate of drug-likeness (QED) is 0.866. The molecule has 0 spiro atoms. The molecule has 100 valence electrons. The zero-order chi connectivity index (χ0) is 13.0. The number of piperazine rings is 1. The maximum Gasteiger partial charge on any atom is 0.167 e. The van der Waals surface area contributed by atoms with E-state index < -0.39 is 0 Å². The Kier molecular flexibility index (Phi) is 4.38. The number of anilines is 1. The first-order valence-electron chi connectivity index (χ1n) is 6.25. The zero-order valence-electron chi connectivity index (χ0n) is 10.7. The van der Waals surface area contributed by atoms with Crippen molar-refractivity contribution in [2.45, 2.75) is 0 Å². The van der Waals surface area contributed by atoms with E-state index in [9.17, 15) is 4.39 Å². The summed E-state index contributed by atoms with van der Waals surface area (Å²) in [6, 6.07) is 5.12. The summed E-state index contributed by atoms with van der Waals surface area (Å²) in [6.07, 6.45) is 0. The van der Waals surface area contributed by atoms with Gasteiger partial charge in [-0.2, -0.15) is 0 Å². The largest absolute Gasteiger partial charge is 0.494 e. The Balaban J connectivity index is 1.99. The average Bonchev–Trinajstić information content (AvgIpc) is 2.40. The van der Waals surface area contributed by atoms with Crippen LogP contribution < -0.4 is 15.4 Å². The monoisotopic (exact) mass is 253 g/mol. The van der Waals surface area contributed by atoms with Gasteiger partial charge in [0.2, 0.25) is 0 Å². The maximum atomic E-state index is 13.6. The van der Waals surface area contributed by atoms with E-state index in [4.69, 9.17) is 10.5 Å². The van der Waals surface area contributed by atoms with Gasteiger partial charge in [0.25, 0.3) is 0 Å². The van der Waals surface area contributed by atoms with Gasteiger partial charge in [-0.15, -0.1) is 0 Å². The summed E-state index contributed by atoms with van der Waals surface area (Å²) >= 11 is 0. The van der Waals surface area contributed by atoms with Crippen LogP contribution in [0.3, 0.4) is 0 Å². The van der Waals surface area contributed by atoms with Crippen LogP contribution in [0.15, 0.2) is 18.2 Å². The normalized spacial score (nSPS) is 16.9. The summed E-state index contributed by atoms with van der Waals surface area (Å²) < 4.78 is 18.5. The van der Waals surface area contributed by atoms with Gasteiger partial charge in [0.1, 0.15) is 0 Å². The van der Waals surface area contributed by atoms with E-state index in [0.717, 1.165) is 38.4 Å². The highest BCUT2D eigenvalue weighted by molar-refractivity contribution is 5.50. The molecule has 5 heteroatoms. The molecule has 0 unspecified atom stereocenters. The third-order valence-corrected chi connectivity index (χ3v) is 3.32. The van der Waals surface area contributed by atoms with Crippen LogP contribution in [0.1, 0.15) is 0 Å². The topological polar surface area (TPSA) is 41.7 Å². The lowest BCUT2D eigenvalue weighted by molar-refractivity contribution is 0.265. The lowest BCUT2D eigenvalue weighted by Crippen LogP contribution is -2.47. The molecule has 1 heterocycles. The predicted octanol–water partition coefficient (Wildman–Crippen LogP) is 0.915. The van der Waals surface area contributed by atoms with E-state index in [1.807, 2.05) is 6.07 Å². The number of halogens is 1. The van der Waals surface area contributed by atoms with Gasteiger partial charge in [-0.3, -0.25) is 4.90 Å². The Bertz CT molecular complexity index is 392. The highest BCUT2D eigenvalue weighted by atomic mass is 19.1. The van der Waals surface area contributed by atoms with E-state index in [0.29, 0.717) is 12.3 Å². The van der Waals surface area contributed by atoms with Crippen LogP contribution in [-0.4, -0.2) is 51.3 Å². The molecule has 1 aromatic carbocycles. The fourth-order valence-corrected chi connectivity index (χ4v) is 2.26. The number of benzene rings is 1. The second-order valence-electron chi connectivity index (χ2n) is 4.44. The number of methoxy groups -OCH3 is 1. The molecule has 0 amide bonds. The van der Waals surface area contributed by atoms with Crippen molar-refractivity contribution in [3.8, 4) is 5.75 Å². The standard InChI is InChI=1S/C13H20FN3O/c1-18-13-3-2-11(10-12(13)14)17-8-6-16(5-4-15)7-9-17/h2-3,10H,4-9,15H2,1H3. The van der Waals surface area contributed by atoms with Gasteiger partial charge in [0.15, 0.2) is 11.6 Å². The highest BCUT2D eigenvalue weighted by Crippen LogP contribution is 2.24. The first kappa shape index (κ1) is 13.1. The molecule has 0 aliphatic carbocycles. The van der Waals surface area contributed by atoms with Gasteiger partial charge in [-0.05, 0) is 12.1 Å². The molecule has 1 saturated heterocycles. The molecule has 2 rings (SSSR count). The fraction of sp³-hybridized carbons (Fsp3) is 0.538. The molecule has 0 radical (unpaired) electrons. The Morgan fingerprint density at radius 1 is 1.28 bits per heavy atom. The summed E-state index contributed by atoms with van der Waals surface area (Å²) in [7, 11) is 1.48. The van der Waals surface area contributed by atoms with Crippen LogP contribution in [0.4, 0.5) is 10.1 Å². The van der Waals surface area contributed by atoms with Gasteiger partial charge >= 0.3 is 0 Å². The zero-order valence-corrected chi connectivity index (χ0v) is 10.7. The fourth-order valence-electron chi connectivity index (χ4n) is 2.26. The summed E-state index contributed by atoms with van der Waals surface area (Å²) in [6.45, 7) is 5.40. The number of hydrogen-bond donors (Lipinski definition) is 1. The summed E-state index contributed by atoms with van der Waals surface area (Å²) in [4.78, 5) is 4.52. The molecule has 18 heavy (non-hydrogen) atoms. The minimum Gasteiger partial charge on any atom is -0.494 e. The van der Waals surface area contributed by atoms with E-state index in [-0.39, 0.29) is 5.82 Å². The van der Waals surface area contributed by atoms with Gasteiger partial charge in [-0.25, -0.2) is 4.39 Å². The Morgan fingerprint density at radius 2 is 2.00 bits per heavy atom. The Hall–Kier alpha value is -1.33. The Labute approximate surface area is 107 Å². The first-order chi connectivity index (χ1) is 8.74. The van der Waals surface area contributed by atoms with Crippen molar-refractivity contribution in [3.63, 3.8) is 0 Å². The van der Waals surface area contributed by atoms with Gasteiger partial charge in [0.05, 0.1) is 7.11 Å². The smallest absolute Gasteiger partial charge is 0.167 e. The van der Waals surface area contributed by atoms with Crippen LogP contribution in [0.25, 0.3) is 0 Å². The lowest BCUT2D eigenvalue weighted by Gasteiger charge is -2.36. The molecular formula is C13H20FN3O. The molecule has 1 aliphatic heterocycles. The number of nitrogens with zero attached hydrogens (tertiary/aromatic N) is 2. The van der Waals surface area contributed by atoms with Crippen molar-refractivity contribution < 1.29 is 9.13 Å². The average molecular weight is 253 g/mol. The number of rotatable bonds is 4. The van der Waals surface area contributed by atoms with Gasteiger partial charge in [0, 0.05) is 51.0 Å². The number of ether oxygens (including phenoxy) is 1. The summed E-state index contributed by atoms with van der Waals surface area (Å²) in [5.74, 6) is -0.0140. The number of nitrogens with two attached hydrogens (primary N) is 1. The van der Waals surface area contributed by atoms with Crippen LogP contribution in [-0.2, 0) is 0 Å². The molecule has 1 aliphatic rings. The SMILES string of the molecule is COc1ccc(N2CCN(CCN)CC2)cc1F. The van der Waals surface area contributed by atoms with Crippen LogP contribution in [0.2, 0.25) is 0 Å². The molecule has 0 bridgehead atoms. The first-order valence-corrected chi connectivity index (χ1v) is 6.25. The van der Waals surface area contributed by atoms with Crippen molar-refractivity contribution >= 4 is 5.69 Å². The van der Waals surface area contributed by atoms with Crippen molar-refractivity contribution in [1.29, 1.82) is 0 Å². The highest BCUT2D eigenvalue weighted by Gasteiger charge is 2.17. The van der Waals surface area contributed by atoms with Crippen molar-refractivity contribution in [3.05, 3.63) is 24.0 Å². The van der Waals surface area contributed by atoms with Crippen molar-refractivity contribution in [2.24, 2.45) is 5.73 Å². The van der Waals surface area contributed by atoms with E-state index >= 15 is 0 Å². The van der Waals surface area contributed by atoms with Crippen LogP contribution >= 0.6 is 0 Å². The molecular weight excluding hydrogens is 233 g/mol. The molecule has 0 saturated carbocycles. The molecule has 2 N–H and O–H groups in total. The summed E-state index contributed by atoms with van der Waals surface area (Å²) in [5, 5.41) is 0. The van der Waals surface area contributed by atoms with Crippen molar-refractivity contribution in [1.82, 2.24) is 4.90 Å². The van der Waals surface area contributed by atoms with E-state index in [1.165, 1.54) is 13.2 Å². The van der Waals surface area contributed by atoms with Gasteiger partial charge in [-0.1, -0.05) is 0 Å².